The second-order valence-electron chi connectivity index (χ2n) is 5.38. The SMILES string of the molecule is COc1ccc(NC2CC(c3ccccc3Br)C2)cc1F. The maximum atomic E-state index is 13.6. The predicted octanol–water partition coefficient (Wildman–Crippen LogP) is 4.95. The van der Waals surface area contributed by atoms with Gasteiger partial charge in [-0.25, -0.2) is 4.39 Å². The molecule has 1 fully saturated rings. The molecule has 21 heavy (non-hydrogen) atoms. The van der Waals surface area contributed by atoms with Crippen LogP contribution in [0.15, 0.2) is 46.9 Å². The van der Waals surface area contributed by atoms with Crippen LogP contribution in [0.25, 0.3) is 0 Å². The average Bonchev–Trinajstić information content (AvgIpc) is 2.44. The van der Waals surface area contributed by atoms with Crippen LogP contribution in [0.4, 0.5) is 10.1 Å². The molecule has 0 radical (unpaired) electrons. The van der Waals surface area contributed by atoms with Crippen LogP contribution in [0.5, 0.6) is 5.75 Å². The van der Waals surface area contributed by atoms with E-state index >= 15 is 0 Å². The van der Waals surface area contributed by atoms with E-state index in [9.17, 15) is 4.39 Å². The number of halogens is 2. The van der Waals surface area contributed by atoms with E-state index in [1.54, 1.807) is 6.07 Å². The molecule has 0 atom stereocenters. The van der Waals surface area contributed by atoms with Crippen LogP contribution in [0.2, 0.25) is 0 Å². The first-order valence-electron chi connectivity index (χ1n) is 7.02. The molecule has 1 aliphatic carbocycles. The normalized spacial score (nSPS) is 20.7. The Balaban J connectivity index is 1.60. The lowest BCUT2D eigenvalue weighted by molar-refractivity contribution is 0.372. The summed E-state index contributed by atoms with van der Waals surface area (Å²) in [5.41, 5.74) is 2.17. The van der Waals surface area contributed by atoms with Crippen molar-refractivity contribution in [2.75, 3.05) is 12.4 Å². The summed E-state index contributed by atoms with van der Waals surface area (Å²) in [4.78, 5) is 0. The van der Waals surface area contributed by atoms with Gasteiger partial charge in [0.2, 0.25) is 0 Å². The number of hydrogen-bond donors (Lipinski definition) is 1. The average molecular weight is 350 g/mol. The molecule has 0 bridgehead atoms. The summed E-state index contributed by atoms with van der Waals surface area (Å²) >= 11 is 3.60. The summed E-state index contributed by atoms with van der Waals surface area (Å²) in [6, 6.07) is 13.7. The molecular formula is C17H17BrFNO. The molecule has 0 spiro atoms. The summed E-state index contributed by atoms with van der Waals surface area (Å²) in [6.07, 6.45) is 2.13. The van der Waals surface area contributed by atoms with Crippen LogP contribution < -0.4 is 10.1 Å². The lowest BCUT2D eigenvalue weighted by Gasteiger charge is -2.37. The zero-order chi connectivity index (χ0) is 14.8. The number of hydrogen-bond acceptors (Lipinski definition) is 2. The second kappa shape index (κ2) is 6.06. The summed E-state index contributed by atoms with van der Waals surface area (Å²) in [6.45, 7) is 0. The van der Waals surface area contributed by atoms with E-state index in [1.807, 2.05) is 12.1 Å². The van der Waals surface area contributed by atoms with Crippen LogP contribution in [0, 0.1) is 5.82 Å². The van der Waals surface area contributed by atoms with Gasteiger partial charge in [0, 0.05) is 22.3 Å². The Morgan fingerprint density at radius 2 is 1.95 bits per heavy atom. The molecule has 1 saturated carbocycles. The number of methoxy groups -OCH3 is 1. The predicted molar refractivity (Wildman–Crippen MR) is 86.5 cm³/mol. The Morgan fingerprint density at radius 3 is 2.62 bits per heavy atom. The van der Waals surface area contributed by atoms with Crippen molar-refractivity contribution in [3.05, 3.63) is 58.3 Å². The molecule has 4 heteroatoms. The summed E-state index contributed by atoms with van der Waals surface area (Å²) in [7, 11) is 1.47. The number of anilines is 1. The Hall–Kier alpha value is -1.55. The third-order valence-corrected chi connectivity index (χ3v) is 4.73. The van der Waals surface area contributed by atoms with Gasteiger partial charge in [-0.3, -0.25) is 0 Å². The van der Waals surface area contributed by atoms with Gasteiger partial charge in [-0.05, 0) is 42.5 Å². The lowest BCUT2D eigenvalue weighted by atomic mass is 9.76. The van der Waals surface area contributed by atoms with E-state index in [0.717, 1.165) is 18.5 Å². The molecule has 3 rings (SSSR count). The molecule has 0 amide bonds. The van der Waals surface area contributed by atoms with Crippen molar-refractivity contribution in [2.24, 2.45) is 0 Å². The van der Waals surface area contributed by atoms with Crippen molar-refractivity contribution in [3.63, 3.8) is 0 Å². The highest BCUT2D eigenvalue weighted by Crippen LogP contribution is 2.41. The number of ether oxygens (including phenoxy) is 1. The zero-order valence-corrected chi connectivity index (χ0v) is 13.4. The van der Waals surface area contributed by atoms with Gasteiger partial charge >= 0.3 is 0 Å². The third kappa shape index (κ3) is 3.05. The van der Waals surface area contributed by atoms with Gasteiger partial charge in [0.05, 0.1) is 7.11 Å². The Kier molecular flexibility index (Phi) is 4.15. The first-order valence-corrected chi connectivity index (χ1v) is 7.81. The van der Waals surface area contributed by atoms with Gasteiger partial charge < -0.3 is 10.1 Å². The first kappa shape index (κ1) is 14.4. The van der Waals surface area contributed by atoms with E-state index < -0.39 is 0 Å². The smallest absolute Gasteiger partial charge is 0.167 e. The molecular weight excluding hydrogens is 333 g/mol. The summed E-state index contributed by atoms with van der Waals surface area (Å²) < 4.78 is 19.7. The molecule has 0 aliphatic heterocycles. The molecule has 2 nitrogen and oxygen atoms in total. The van der Waals surface area contributed by atoms with Crippen molar-refractivity contribution in [3.8, 4) is 5.75 Å². The molecule has 0 saturated heterocycles. The van der Waals surface area contributed by atoms with Crippen molar-refractivity contribution in [2.45, 2.75) is 24.8 Å². The minimum Gasteiger partial charge on any atom is -0.494 e. The van der Waals surface area contributed by atoms with Crippen LogP contribution in [0.1, 0.15) is 24.3 Å². The highest BCUT2D eigenvalue weighted by Gasteiger charge is 2.31. The minimum absolute atomic E-state index is 0.278. The molecule has 2 aromatic carbocycles. The van der Waals surface area contributed by atoms with E-state index in [-0.39, 0.29) is 11.6 Å². The molecule has 0 heterocycles. The monoisotopic (exact) mass is 349 g/mol. The Morgan fingerprint density at radius 1 is 1.19 bits per heavy atom. The van der Waals surface area contributed by atoms with E-state index in [0.29, 0.717) is 12.0 Å². The highest BCUT2D eigenvalue weighted by molar-refractivity contribution is 9.10. The quantitative estimate of drug-likeness (QED) is 0.842. The van der Waals surface area contributed by atoms with Crippen LogP contribution in [-0.4, -0.2) is 13.2 Å². The van der Waals surface area contributed by atoms with Crippen LogP contribution in [0.3, 0.4) is 0 Å². The van der Waals surface area contributed by atoms with E-state index in [1.165, 1.54) is 23.2 Å². The largest absolute Gasteiger partial charge is 0.494 e. The Bertz CT molecular complexity index is 640. The van der Waals surface area contributed by atoms with Crippen molar-refractivity contribution >= 4 is 21.6 Å². The fraction of sp³-hybridized carbons (Fsp3) is 0.294. The van der Waals surface area contributed by atoms with Gasteiger partial charge in [0.15, 0.2) is 11.6 Å². The molecule has 1 N–H and O–H groups in total. The van der Waals surface area contributed by atoms with Crippen molar-refractivity contribution in [1.29, 1.82) is 0 Å². The lowest BCUT2D eigenvalue weighted by Crippen LogP contribution is -2.34. The zero-order valence-electron chi connectivity index (χ0n) is 11.8. The number of benzene rings is 2. The fourth-order valence-corrected chi connectivity index (χ4v) is 3.40. The molecule has 0 aromatic heterocycles. The molecule has 2 aromatic rings. The standard InChI is InChI=1S/C17H17BrFNO/c1-21-17-7-6-12(10-16(17)19)20-13-8-11(9-13)14-4-2-3-5-15(14)18/h2-7,10-11,13,20H,8-9H2,1H3. The van der Waals surface area contributed by atoms with Gasteiger partial charge in [-0.15, -0.1) is 0 Å². The van der Waals surface area contributed by atoms with Crippen LogP contribution >= 0.6 is 15.9 Å². The molecule has 110 valence electrons. The highest BCUT2D eigenvalue weighted by atomic mass is 79.9. The van der Waals surface area contributed by atoms with Gasteiger partial charge in [-0.2, -0.15) is 0 Å². The third-order valence-electron chi connectivity index (χ3n) is 4.01. The number of rotatable bonds is 4. The van der Waals surface area contributed by atoms with Gasteiger partial charge in [0.25, 0.3) is 0 Å². The molecule has 1 aliphatic rings. The van der Waals surface area contributed by atoms with Gasteiger partial charge in [0.1, 0.15) is 0 Å². The van der Waals surface area contributed by atoms with E-state index in [4.69, 9.17) is 4.74 Å². The summed E-state index contributed by atoms with van der Waals surface area (Å²) in [5, 5.41) is 3.38. The topological polar surface area (TPSA) is 21.3 Å². The molecule has 0 unspecified atom stereocenters. The second-order valence-corrected chi connectivity index (χ2v) is 6.23. The minimum atomic E-state index is -0.329. The fourth-order valence-electron chi connectivity index (χ4n) is 2.79. The van der Waals surface area contributed by atoms with E-state index in [2.05, 4.69) is 39.4 Å². The van der Waals surface area contributed by atoms with Gasteiger partial charge in [-0.1, -0.05) is 34.1 Å². The number of nitrogens with one attached hydrogen (secondary N) is 1. The van der Waals surface area contributed by atoms with Crippen molar-refractivity contribution < 1.29 is 9.13 Å². The van der Waals surface area contributed by atoms with Crippen molar-refractivity contribution in [1.82, 2.24) is 0 Å². The van der Waals surface area contributed by atoms with Crippen LogP contribution in [-0.2, 0) is 0 Å². The maximum absolute atomic E-state index is 13.6. The summed E-state index contributed by atoms with van der Waals surface area (Å²) in [5.74, 6) is 0.519. The Labute approximate surface area is 132 Å². The first-order chi connectivity index (χ1) is 10.2. The maximum Gasteiger partial charge on any atom is 0.167 e.